The molecule has 0 bridgehead atoms. The lowest BCUT2D eigenvalue weighted by molar-refractivity contribution is 0.126. The maximum atomic E-state index is 9.61. The van der Waals surface area contributed by atoms with Crippen molar-refractivity contribution in [2.75, 3.05) is 13.1 Å². The van der Waals surface area contributed by atoms with Crippen LogP contribution in [-0.4, -0.2) is 39.4 Å². The van der Waals surface area contributed by atoms with Gasteiger partial charge in [-0.3, -0.25) is 4.90 Å². The highest BCUT2D eigenvalue weighted by Crippen LogP contribution is 2.22. The van der Waals surface area contributed by atoms with Crippen molar-refractivity contribution in [3.63, 3.8) is 0 Å². The molecule has 1 fully saturated rings. The summed E-state index contributed by atoms with van der Waals surface area (Å²) in [6, 6.07) is 9.77. The van der Waals surface area contributed by atoms with E-state index in [0.717, 1.165) is 25.1 Å². The largest absolute Gasteiger partial charge is 0.419 e. The van der Waals surface area contributed by atoms with Crippen LogP contribution in [0.3, 0.4) is 0 Å². The molecule has 5 nitrogen and oxygen atoms in total. The lowest BCUT2D eigenvalue weighted by Crippen LogP contribution is -2.24. The lowest BCUT2D eigenvalue weighted by atomic mass is 10.0. The molecule has 0 spiro atoms. The molecule has 2 unspecified atom stereocenters. The van der Waals surface area contributed by atoms with E-state index in [0.29, 0.717) is 24.2 Å². The van der Waals surface area contributed by atoms with Crippen LogP contribution in [-0.2, 0) is 6.54 Å². The van der Waals surface area contributed by atoms with Crippen LogP contribution in [0.5, 0.6) is 0 Å². The van der Waals surface area contributed by atoms with Crippen molar-refractivity contribution in [1.29, 1.82) is 0 Å². The summed E-state index contributed by atoms with van der Waals surface area (Å²) in [4.78, 5) is 2.25. The monoisotopic (exact) mass is 273 g/mol. The first-order valence-electron chi connectivity index (χ1n) is 7.00. The second kappa shape index (κ2) is 5.73. The summed E-state index contributed by atoms with van der Waals surface area (Å²) in [6.45, 7) is 4.37. The van der Waals surface area contributed by atoms with Gasteiger partial charge in [0.25, 0.3) is 0 Å². The fourth-order valence-electron chi connectivity index (χ4n) is 2.61. The van der Waals surface area contributed by atoms with Gasteiger partial charge in [-0.2, -0.15) is 0 Å². The standard InChI is InChI=1S/C15H19N3O2/c1-11(19)13-7-8-18(9-13)10-14-16-17-15(20-14)12-5-3-2-4-6-12/h2-6,11,13,19H,7-10H2,1H3. The van der Waals surface area contributed by atoms with Crippen molar-refractivity contribution in [3.8, 4) is 11.5 Å². The highest BCUT2D eigenvalue weighted by atomic mass is 16.4. The van der Waals surface area contributed by atoms with Crippen molar-refractivity contribution >= 4 is 0 Å². The van der Waals surface area contributed by atoms with E-state index in [4.69, 9.17) is 4.42 Å². The quantitative estimate of drug-likeness (QED) is 0.922. The third-order valence-corrected chi connectivity index (χ3v) is 3.84. The van der Waals surface area contributed by atoms with Crippen molar-refractivity contribution in [2.24, 2.45) is 5.92 Å². The zero-order valence-corrected chi connectivity index (χ0v) is 11.6. The lowest BCUT2D eigenvalue weighted by Gasteiger charge is -2.15. The maximum Gasteiger partial charge on any atom is 0.247 e. The Labute approximate surface area is 118 Å². The Morgan fingerprint density at radius 3 is 2.85 bits per heavy atom. The van der Waals surface area contributed by atoms with Crippen molar-refractivity contribution < 1.29 is 9.52 Å². The Bertz CT molecular complexity index is 553. The second-order valence-electron chi connectivity index (χ2n) is 5.39. The number of rotatable bonds is 4. The van der Waals surface area contributed by atoms with E-state index in [-0.39, 0.29) is 6.10 Å². The van der Waals surface area contributed by atoms with E-state index in [2.05, 4.69) is 15.1 Å². The molecule has 0 radical (unpaired) electrons. The molecular weight excluding hydrogens is 254 g/mol. The molecule has 2 heterocycles. The molecule has 0 saturated carbocycles. The predicted molar refractivity (Wildman–Crippen MR) is 74.8 cm³/mol. The van der Waals surface area contributed by atoms with Gasteiger partial charge in [-0.05, 0) is 37.9 Å². The van der Waals surface area contributed by atoms with Crippen LogP contribution >= 0.6 is 0 Å². The number of nitrogens with zero attached hydrogens (tertiary/aromatic N) is 3. The average molecular weight is 273 g/mol. The molecule has 1 aromatic carbocycles. The molecule has 1 aromatic heterocycles. The van der Waals surface area contributed by atoms with Crippen LogP contribution in [0, 0.1) is 5.92 Å². The highest BCUT2D eigenvalue weighted by Gasteiger charge is 2.27. The molecule has 20 heavy (non-hydrogen) atoms. The first-order chi connectivity index (χ1) is 9.72. The van der Waals surface area contributed by atoms with E-state index in [1.54, 1.807) is 0 Å². The Kier molecular flexibility index (Phi) is 3.80. The number of likely N-dealkylation sites (tertiary alicyclic amines) is 1. The summed E-state index contributed by atoms with van der Waals surface area (Å²) in [6.07, 6.45) is 0.778. The minimum absolute atomic E-state index is 0.248. The summed E-state index contributed by atoms with van der Waals surface area (Å²) in [5, 5.41) is 17.8. The molecule has 3 rings (SSSR count). The smallest absolute Gasteiger partial charge is 0.247 e. The summed E-state index contributed by atoms with van der Waals surface area (Å²) >= 11 is 0. The zero-order chi connectivity index (χ0) is 13.9. The summed E-state index contributed by atoms with van der Waals surface area (Å²) < 4.78 is 5.70. The topological polar surface area (TPSA) is 62.4 Å². The summed E-state index contributed by atoms with van der Waals surface area (Å²) in [5.74, 6) is 1.55. The van der Waals surface area contributed by atoms with Gasteiger partial charge in [0.2, 0.25) is 11.8 Å². The van der Waals surface area contributed by atoms with Gasteiger partial charge in [-0.15, -0.1) is 10.2 Å². The summed E-state index contributed by atoms with van der Waals surface area (Å²) in [5.41, 5.74) is 0.939. The third kappa shape index (κ3) is 2.89. The molecule has 0 amide bonds. The van der Waals surface area contributed by atoms with Crippen LogP contribution in [0.1, 0.15) is 19.2 Å². The van der Waals surface area contributed by atoms with Crippen molar-refractivity contribution in [1.82, 2.24) is 15.1 Å². The van der Waals surface area contributed by atoms with E-state index < -0.39 is 0 Å². The molecule has 5 heteroatoms. The van der Waals surface area contributed by atoms with E-state index in [1.165, 1.54) is 0 Å². The van der Waals surface area contributed by atoms with Crippen LogP contribution in [0.25, 0.3) is 11.5 Å². The number of aliphatic hydroxyl groups is 1. The zero-order valence-electron chi connectivity index (χ0n) is 11.6. The van der Waals surface area contributed by atoms with Gasteiger partial charge in [0.05, 0.1) is 12.6 Å². The van der Waals surface area contributed by atoms with Gasteiger partial charge in [0.15, 0.2) is 0 Å². The number of hydrogen-bond acceptors (Lipinski definition) is 5. The fraction of sp³-hybridized carbons (Fsp3) is 0.467. The van der Waals surface area contributed by atoms with E-state index in [1.807, 2.05) is 37.3 Å². The number of benzene rings is 1. The van der Waals surface area contributed by atoms with Gasteiger partial charge in [0, 0.05) is 12.1 Å². The van der Waals surface area contributed by atoms with Gasteiger partial charge < -0.3 is 9.52 Å². The Hall–Kier alpha value is -1.72. The molecule has 2 atom stereocenters. The van der Waals surface area contributed by atoms with E-state index in [9.17, 15) is 5.11 Å². The molecule has 1 aliphatic heterocycles. The average Bonchev–Trinajstić information content (AvgIpc) is 3.10. The van der Waals surface area contributed by atoms with Crippen LogP contribution in [0.4, 0.5) is 0 Å². The van der Waals surface area contributed by atoms with Crippen molar-refractivity contribution in [3.05, 3.63) is 36.2 Å². The van der Waals surface area contributed by atoms with Crippen LogP contribution < -0.4 is 0 Å². The molecule has 1 N–H and O–H groups in total. The van der Waals surface area contributed by atoms with E-state index >= 15 is 0 Å². The van der Waals surface area contributed by atoms with Gasteiger partial charge in [-0.25, -0.2) is 0 Å². The minimum Gasteiger partial charge on any atom is -0.419 e. The van der Waals surface area contributed by atoms with Gasteiger partial charge in [-0.1, -0.05) is 18.2 Å². The second-order valence-corrected chi connectivity index (χ2v) is 5.39. The summed E-state index contributed by atoms with van der Waals surface area (Å²) in [7, 11) is 0. The Morgan fingerprint density at radius 2 is 2.15 bits per heavy atom. The number of aliphatic hydroxyl groups excluding tert-OH is 1. The highest BCUT2D eigenvalue weighted by molar-refractivity contribution is 5.51. The number of aromatic nitrogens is 2. The Morgan fingerprint density at radius 1 is 1.35 bits per heavy atom. The first-order valence-corrected chi connectivity index (χ1v) is 7.00. The molecule has 1 aliphatic rings. The first kappa shape index (κ1) is 13.3. The van der Waals surface area contributed by atoms with Crippen LogP contribution in [0.2, 0.25) is 0 Å². The maximum absolute atomic E-state index is 9.61. The third-order valence-electron chi connectivity index (χ3n) is 3.84. The Balaban J connectivity index is 1.64. The minimum atomic E-state index is -0.248. The van der Waals surface area contributed by atoms with Crippen LogP contribution in [0.15, 0.2) is 34.7 Å². The molecule has 106 valence electrons. The van der Waals surface area contributed by atoms with Crippen molar-refractivity contribution in [2.45, 2.75) is 26.0 Å². The molecule has 2 aromatic rings. The normalized spacial score (nSPS) is 21.2. The van der Waals surface area contributed by atoms with Gasteiger partial charge >= 0.3 is 0 Å². The SMILES string of the molecule is CC(O)C1CCN(Cc2nnc(-c3ccccc3)o2)C1. The molecule has 0 aliphatic carbocycles. The number of hydrogen-bond donors (Lipinski definition) is 1. The molecule has 1 saturated heterocycles. The van der Waals surface area contributed by atoms with Gasteiger partial charge in [0.1, 0.15) is 0 Å². The molecular formula is C15H19N3O2. The predicted octanol–water partition coefficient (Wildman–Crippen LogP) is 1.94. The fourth-order valence-corrected chi connectivity index (χ4v) is 2.61.